The molecule has 0 aliphatic carbocycles. The molecule has 1 aromatic carbocycles. The van der Waals surface area contributed by atoms with Crippen molar-refractivity contribution in [3.63, 3.8) is 0 Å². The normalized spacial score (nSPS) is 20.5. The van der Waals surface area contributed by atoms with Crippen molar-refractivity contribution in [1.29, 1.82) is 0 Å². The van der Waals surface area contributed by atoms with Crippen LogP contribution in [0.3, 0.4) is 0 Å². The first-order chi connectivity index (χ1) is 14.5. The van der Waals surface area contributed by atoms with E-state index in [0.29, 0.717) is 0 Å². The summed E-state index contributed by atoms with van der Waals surface area (Å²) < 4.78 is 21.0. The molecule has 1 aromatic rings. The fourth-order valence-corrected chi connectivity index (χ4v) is 5.25. The number of hydrogen-bond donors (Lipinski definition) is 0. The van der Waals surface area contributed by atoms with Gasteiger partial charge in [0.05, 0.1) is 0 Å². The van der Waals surface area contributed by atoms with Gasteiger partial charge in [-0.05, 0) is 87.8 Å². The molecular formula is C29H49FO. The molecule has 1 nitrogen and oxygen atoms in total. The van der Waals surface area contributed by atoms with E-state index in [1.807, 2.05) is 20.8 Å². The largest absolute Gasteiger partial charge is 0.487 e. The van der Waals surface area contributed by atoms with Crippen LogP contribution in [0.15, 0.2) is 0 Å². The van der Waals surface area contributed by atoms with E-state index in [1.54, 1.807) is 0 Å². The molecule has 0 N–H and O–H groups in total. The molecule has 0 fully saturated rings. The molecule has 31 heavy (non-hydrogen) atoms. The van der Waals surface area contributed by atoms with E-state index >= 15 is 0 Å². The minimum absolute atomic E-state index is 0.0495. The zero-order valence-electron chi connectivity index (χ0n) is 21.8. The summed E-state index contributed by atoms with van der Waals surface area (Å²) in [5.41, 5.74) is 3.49. The van der Waals surface area contributed by atoms with Gasteiger partial charge in [-0.15, -0.1) is 0 Å². The summed E-state index contributed by atoms with van der Waals surface area (Å²) in [5.74, 6) is 3.42. The van der Waals surface area contributed by atoms with Gasteiger partial charge in [0.15, 0.2) is 0 Å². The molecule has 0 saturated carbocycles. The van der Waals surface area contributed by atoms with E-state index in [4.69, 9.17) is 4.74 Å². The van der Waals surface area contributed by atoms with Gasteiger partial charge in [0.1, 0.15) is 17.2 Å². The van der Waals surface area contributed by atoms with Crippen LogP contribution in [0.25, 0.3) is 0 Å². The molecule has 0 spiro atoms. The van der Waals surface area contributed by atoms with Gasteiger partial charge in [0.2, 0.25) is 0 Å². The molecular weight excluding hydrogens is 383 g/mol. The third-order valence-electron chi connectivity index (χ3n) is 7.82. The number of fused-ring (bicyclic) bond motifs is 1. The van der Waals surface area contributed by atoms with Crippen LogP contribution in [0.2, 0.25) is 0 Å². The molecule has 1 heterocycles. The highest BCUT2D eigenvalue weighted by molar-refractivity contribution is 5.52. The Morgan fingerprint density at radius 3 is 1.94 bits per heavy atom. The average Bonchev–Trinajstić information content (AvgIpc) is 2.70. The zero-order chi connectivity index (χ0) is 23.2. The topological polar surface area (TPSA) is 9.23 Å². The Balaban J connectivity index is 1.74. The fraction of sp³-hybridized carbons (Fsp3) is 0.793. The fourth-order valence-electron chi connectivity index (χ4n) is 5.25. The first-order valence-corrected chi connectivity index (χ1v) is 13.0. The van der Waals surface area contributed by atoms with Gasteiger partial charge < -0.3 is 4.74 Å². The first-order valence-electron chi connectivity index (χ1n) is 13.0. The molecule has 0 unspecified atom stereocenters. The molecule has 2 rings (SSSR count). The lowest BCUT2D eigenvalue weighted by molar-refractivity contribution is 0.0511. The lowest BCUT2D eigenvalue weighted by Gasteiger charge is -2.38. The lowest BCUT2D eigenvalue weighted by Crippen LogP contribution is -2.37. The van der Waals surface area contributed by atoms with Crippen molar-refractivity contribution in [3.8, 4) is 5.75 Å². The Morgan fingerprint density at radius 2 is 1.35 bits per heavy atom. The van der Waals surface area contributed by atoms with Crippen LogP contribution in [0, 0.1) is 44.3 Å². The van der Waals surface area contributed by atoms with Crippen LogP contribution in [0.4, 0.5) is 4.39 Å². The highest BCUT2D eigenvalue weighted by Crippen LogP contribution is 2.42. The highest BCUT2D eigenvalue weighted by atomic mass is 19.1. The van der Waals surface area contributed by atoms with Crippen LogP contribution in [-0.2, 0) is 6.42 Å². The predicted octanol–water partition coefficient (Wildman–Crippen LogP) is 9.27. The summed E-state index contributed by atoms with van der Waals surface area (Å²) in [4.78, 5) is 0. The molecule has 3 atom stereocenters. The second kappa shape index (κ2) is 11.7. The molecule has 1 aliphatic rings. The number of hydrogen-bond acceptors (Lipinski definition) is 1. The molecule has 0 saturated heterocycles. The van der Waals surface area contributed by atoms with E-state index in [2.05, 4.69) is 34.6 Å². The molecule has 178 valence electrons. The van der Waals surface area contributed by atoms with Crippen LogP contribution in [0.1, 0.15) is 121 Å². The Bertz CT molecular complexity index is 707. The van der Waals surface area contributed by atoms with Crippen molar-refractivity contribution >= 4 is 0 Å². The summed E-state index contributed by atoms with van der Waals surface area (Å²) >= 11 is 0. The Morgan fingerprint density at radius 1 is 0.806 bits per heavy atom. The first kappa shape index (κ1) is 26.2. The minimum Gasteiger partial charge on any atom is -0.487 e. The number of ether oxygens (including phenoxy) is 1. The monoisotopic (exact) mass is 432 g/mol. The molecule has 2 heteroatoms. The van der Waals surface area contributed by atoms with Gasteiger partial charge in [-0.3, -0.25) is 0 Å². The average molecular weight is 433 g/mol. The Labute approximate surface area is 192 Å². The van der Waals surface area contributed by atoms with Crippen LogP contribution < -0.4 is 4.74 Å². The van der Waals surface area contributed by atoms with Crippen molar-refractivity contribution in [3.05, 3.63) is 28.1 Å². The zero-order valence-corrected chi connectivity index (χ0v) is 21.8. The van der Waals surface area contributed by atoms with Crippen molar-refractivity contribution in [2.75, 3.05) is 0 Å². The van der Waals surface area contributed by atoms with E-state index in [0.717, 1.165) is 65.0 Å². The van der Waals surface area contributed by atoms with E-state index in [-0.39, 0.29) is 11.4 Å². The van der Waals surface area contributed by atoms with E-state index in [1.165, 1.54) is 51.4 Å². The maximum atomic E-state index is 14.5. The van der Waals surface area contributed by atoms with E-state index < -0.39 is 0 Å². The minimum atomic E-state index is -0.112. The maximum absolute atomic E-state index is 14.5. The number of halogens is 1. The SMILES string of the molecule is Cc1c(C)c2c(c(C)c1F)CC[C@@](C)(CCC[C@H](C)CCC[C@H](C)CCCC(C)C)O2. The summed E-state index contributed by atoms with van der Waals surface area (Å²) in [5, 5.41) is 0. The second-order valence-corrected chi connectivity index (χ2v) is 11.4. The lowest BCUT2D eigenvalue weighted by atomic mass is 9.84. The summed E-state index contributed by atoms with van der Waals surface area (Å²) in [6, 6.07) is 0. The Hall–Kier alpha value is -1.05. The van der Waals surface area contributed by atoms with Gasteiger partial charge in [-0.1, -0.05) is 72.6 Å². The van der Waals surface area contributed by atoms with Crippen LogP contribution >= 0.6 is 0 Å². The Kier molecular flexibility index (Phi) is 9.90. The van der Waals surface area contributed by atoms with Crippen molar-refractivity contribution in [2.45, 2.75) is 132 Å². The van der Waals surface area contributed by atoms with Crippen molar-refractivity contribution < 1.29 is 9.13 Å². The third-order valence-corrected chi connectivity index (χ3v) is 7.82. The van der Waals surface area contributed by atoms with Gasteiger partial charge in [0, 0.05) is 5.56 Å². The van der Waals surface area contributed by atoms with Crippen LogP contribution in [0.5, 0.6) is 5.75 Å². The molecule has 0 radical (unpaired) electrons. The molecule has 0 aromatic heterocycles. The molecule has 0 amide bonds. The summed E-state index contributed by atoms with van der Waals surface area (Å²) in [7, 11) is 0. The van der Waals surface area contributed by atoms with Crippen molar-refractivity contribution in [2.24, 2.45) is 17.8 Å². The number of rotatable bonds is 12. The summed E-state index contributed by atoms with van der Waals surface area (Å²) in [6.45, 7) is 17.5. The third kappa shape index (κ3) is 7.50. The van der Waals surface area contributed by atoms with Crippen molar-refractivity contribution in [1.82, 2.24) is 0 Å². The predicted molar refractivity (Wildman–Crippen MR) is 133 cm³/mol. The van der Waals surface area contributed by atoms with Crippen LogP contribution in [-0.4, -0.2) is 5.60 Å². The highest BCUT2D eigenvalue weighted by Gasteiger charge is 2.34. The standard InChI is InChI=1S/C29H49FO/c1-20(2)12-9-13-21(3)14-10-15-22(4)16-11-18-29(8)19-17-26-25(7)27(30)23(5)24(6)28(26)31-29/h20-22H,9-19H2,1-8H3/t21-,22-,29-/m1/s1. The quantitative estimate of drug-likeness (QED) is 0.320. The van der Waals surface area contributed by atoms with Gasteiger partial charge in [0.25, 0.3) is 0 Å². The molecule has 0 bridgehead atoms. The van der Waals surface area contributed by atoms with Gasteiger partial charge in [-0.25, -0.2) is 4.39 Å². The number of benzene rings is 1. The maximum Gasteiger partial charge on any atom is 0.129 e. The molecule has 1 aliphatic heterocycles. The second-order valence-electron chi connectivity index (χ2n) is 11.4. The van der Waals surface area contributed by atoms with Gasteiger partial charge in [-0.2, -0.15) is 0 Å². The smallest absolute Gasteiger partial charge is 0.129 e. The summed E-state index contributed by atoms with van der Waals surface area (Å²) in [6.07, 6.45) is 13.8. The van der Waals surface area contributed by atoms with E-state index in [9.17, 15) is 4.39 Å². The van der Waals surface area contributed by atoms with Gasteiger partial charge >= 0.3 is 0 Å².